The molecule has 0 aliphatic rings. The molecular formula is C9H13NO2S2. The van der Waals surface area contributed by atoms with Crippen LogP contribution >= 0.6 is 23.1 Å². The van der Waals surface area contributed by atoms with Crippen LogP contribution in [-0.2, 0) is 4.79 Å². The van der Waals surface area contributed by atoms with Crippen molar-refractivity contribution in [3.05, 3.63) is 10.6 Å². The molecule has 1 heterocycles. The summed E-state index contributed by atoms with van der Waals surface area (Å²) < 4.78 is 1.05. The molecule has 3 nitrogen and oxygen atoms in total. The average molecular weight is 231 g/mol. The zero-order valence-electron chi connectivity index (χ0n) is 8.24. The summed E-state index contributed by atoms with van der Waals surface area (Å²) in [5.74, 6) is 0.107. The molecule has 1 aromatic heterocycles. The van der Waals surface area contributed by atoms with E-state index in [0.717, 1.165) is 15.8 Å². The molecule has 78 valence electrons. The van der Waals surface area contributed by atoms with Gasteiger partial charge in [0.2, 0.25) is 0 Å². The molecule has 0 saturated carbocycles. The molecule has 0 spiro atoms. The van der Waals surface area contributed by atoms with Crippen LogP contribution in [0.15, 0.2) is 4.34 Å². The number of aryl methyl sites for hydroxylation is 2. The minimum atomic E-state index is -0.725. The number of rotatable bonds is 5. The maximum Gasteiger partial charge on any atom is 0.303 e. The Balaban J connectivity index is 2.28. The van der Waals surface area contributed by atoms with Crippen LogP contribution < -0.4 is 0 Å². The molecule has 0 saturated heterocycles. The minimum absolute atomic E-state index is 0.246. The Bertz CT molecular complexity index is 303. The van der Waals surface area contributed by atoms with Gasteiger partial charge in [0.05, 0.1) is 5.69 Å². The number of aromatic nitrogens is 1. The van der Waals surface area contributed by atoms with E-state index in [0.29, 0.717) is 6.42 Å². The number of hydrogen-bond donors (Lipinski definition) is 1. The van der Waals surface area contributed by atoms with Gasteiger partial charge in [-0.2, -0.15) is 0 Å². The molecule has 1 rings (SSSR count). The second kappa shape index (κ2) is 5.36. The summed E-state index contributed by atoms with van der Waals surface area (Å²) >= 11 is 3.32. The van der Waals surface area contributed by atoms with Gasteiger partial charge < -0.3 is 5.11 Å². The third-order valence-corrected chi connectivity index (χ3v) is 4.07. The van der Waals surface area contributed by atoms with Gasteiger partial charge in [0.25, 0.3) is 0 Å². The first-order valence-electron chi connectivity index (χ1n) is 4.38. The fraction of sp³-hybridized carbons (Fsp3) is 0.556. The van der Waals surface area contributed by atoms with E-state index in [2.05, 4.69) is 4.98 Å². The van der Waals surface area contributed by atoms with Gasteiger partial charge in [-0.25, -0.2) is 4.98 Å². The van der Waals surface area contributed by atoms with E-state index in [9.17, 15) is 4.79 Å². The van der Waals surface area contributed by atoms with Gasteiger partial charge in [-0.3, -0.25) is 4.79 Å². The molecule has 1 aromatic rings. The lowest BCUT2D eigenvalue weighted by molar-refractivity contribution is -0.137. The highest BCUT2D eigenvalue weighted by atomic mass is 32.2. The molecule has 0 aromatic carbocycles. The number of carbonyl (C=O) groups is 1. The van der Waals surface area contributed by atoms with Crippen LogP contribution in [0.1, 0.15) is 23.4 Å². The first-order chi connectivity index (χ1) is 6.59. The fourth-order valence-electron chi connectivity index (χ4n) is 0.888. The van der Waals surface area contributed by atoms with Crippen LogP contribution in [0.4, 0.5) is 0 Å². The molecule has 0 atom stereocenters. The molecular weight excluding hydrogens is 218 g/mol. The number of aliphatic carboxylic acids is 1. The van der Waals surface area contributed by atoms with E-state index >= 15 is 0 Å². The van der Waals surface area contributed by atoms with Crippen LogP contribution in [0.3, 0.4) is 0 Å². The monoisotopic (exact) mass is 231 g/mol. The van der Waals surface area contributed by atoms with Crippen LogP contribution in [0, 0.1) is 13.8 Å². The Labute approximate surface area is 91.6 Å². The van der Waals surface area contributed by atoms with E-state index in [1.54, 1.807) is 23.1 Å². The predicted molar refractivity (Wildman–Crippen MR) is 59.2 cm³/mol. The van der Waals surface area contributed by atoms with Crippen LogP contribution in [0.25, 0.3) is 0 Å². The molecule has 0 bridgehead atoms. The summed E-state index contributed by atoms with van der Waals surface area (Å²) in [5, 5.41) is 8.44. The normalized spacial score (nSPS) is 10.4. The lowest BCUT2D eigenvalue weighted by Gasteiger charge is -1.94. The Kier molecular flexibility index (Phi) is 4.41. The second-order valence-corrected chi connectivity index (χ2v) is 5.51. The fourth-order valence-corrected chi connectivity index (χ4v) is 3.05. The molecule has 5 heteroatoms. The third-order valence-electron chi connectivity index (χ3n) is 1.77. The number of carboxylic acid groups (broad SMARTS) is 1. The summed E-state index contributed by atoms with van der Waals surface area (Å²) in [5.41, 5.74) is 1.08. The Morgan fingerprint density at radius 2 is 2.29 bits per heavy atom. The Hall–Kier alpha value is -0.550. The lowest BCUT2D eigenvalue weighted by atomic mass is 10.3. The van der Waals surface area contributed by atoms with Crippen LogP contribution in [0.2, 0.25) is 0 Å². The van der Waals surface area contributed by atoms with Crippen molar-refractivity contribution in [2.75, 3.05) is 5.75 Å². The van der Waals surface area contributed by atoms with Crippen molar-refractivity contribution in [2.24, 2.45) is 0 Å². The van der Waals surface area contributed by atoms with Gasteiger partial charge in [-0.15, -0.1) is 11.3 Å². The highest BCUT2D eigenvalue weighted by Gasteiger charge is 2.04. The van der Waals surface area contributed by atoms with Crippen molar-refractivity contribution in [2.45, 2.75) is 31.0 Å². The summed E-state index contributed by atoms with van der Waals surface area (Å²) in [6, 6.07) is 0. The maximum atomic E-state index is 10.2. The van der Waals surface area contributed by atoms with E-state index in [1.165, 1.54) is 4.88 Å². The van der Waals surface area contributed by atoms with Gasteiger partial charge >= 0.3 is 5.97 Å². The molecule has 1 N–H and O–H groups in total. The molecule has 0 fully saturated rings. The molecule has 0 unspecified atom stereocenters. The first kappa shape index (κ1) is 11.5. The number of nitrogens with zero attached hydrogens (tertiary/aromatic N) is 1. The third kappa shape index (κ3) is 3.67. The number of carboxylic acids is 1. The van der Waals surface area contributed by atoms with Crippen molar-refractivity contribution in [3.8, 4) is 0 Å². The van der Waals surface area contributed by atoms with Crippen molar-refractivity contribution < 1.29 is 9.90 Å². The summed E-state index contributed by atoms with van der Waals surface area (Å²) in [4.78, 5) is 15.8. The summed E-state index contributed by atoms with van der Waals surface area (Å²) in [6.07, 6.45) is 0.952. The lowest BCUT2D eigenvalue weighted by Crippen LogP contribution is -1.94. The van der Waals surface area contributed by atoms with E-state index < -0.39 is 5.97 Å². The Morgan fingerprint density at radius 1 is 1.57 bits per heavy atom. The van der Waals surface area contributed by atoms with Crippen molar-refractivity contribution >= 4 is 29.1 Å². The summed E-state index contributed by atoms with van der Waals surface area (Å²) in [6.45, 7) is 4.04. The maximum absolute atomic E-state index is 10.2. The highest BCUT2D eigenvalue weighted by Crippen LogP contribution is 2.26. The molecule has 0 amide bonds. The molecule has 0 aliphatic carbocycles. The first-order valence-corrected chi connectivity index (χ1v) is 6.18. The smallest absolute Gasteiger partial charge is 0.303 e. The van der Waals surface area contributed by atoms with Crippen LogP contribution in [0.5, 0.6) is 0 Å². The number of thioether (sulfide) groups is 1. The molecule has 0 radical (unpaired) electrons. The van der Waals surface area contributed by atoms with Gasteiger partial charge in [0.15, 0.2) is 0 Å². The van der Waals surface area contributed by atoms with Gasteiger partial charge in [-0.1, -0.05) is 11.8 Å². The van der Waals surface area contributed by atoms with Crippen molar-refractivity contribution in [3.63, 3.8) is 0 Å². The van der Waals surface area contributed by atoms with E-state index in [4.69, 9.17) is 5.11 Å². The van der Waals surface area contributed by atoms with E-state index in [1.807, 2.05) is 13.8 Å². The zero-order valence-corrected chi connectivity index (χ0v) is 9.87. The second-order valence-electron chi connectivity index (χ2n) is 2.97. The standard InChI is InChI=1S/C9H13NO2S2/c1-6-7(2)14-9(10-6)13-5-3-4-8(11)12/h3-5H2,1-2H3,(H,11,12). The average Bonchev–Trinajstić information content (AvgIpc) is 2.40. The summed E-state index contributed by atoms with van der Waals surface area (Å²) in [7, 11) is 0. The predicted octanol–water partition coefficient (Wildman–Crippen LogP) is 2.72. The molecule has 0 aliphatic heterocycles. The van der Waals surface area contributed by atoms with Gasteiger partial charge in [0.1, 0.15) is 4.34 Å². The largest absolute Gasteiger partial charge is 0.481 e. The Morgan fingerprint density at radius 3 is 2.79 bits per heavy atom. The van der Waals surface area contributed by atoms with Gasteiger partial charge in [-0.05, 0) is 20.3 Å². The number of hydrogen-bond acceptors (Lipinski definition) is 4. The quantitative estimate of drug-likeness (QED) is 0.625. The SMILES string of the molecule is Cc1nc(SCCCC(=O)O)sc1C. The highest BCUT2D eigenvalue weighted by molar-refractivity contribution is 8.01. The topological polar surface area (TPSA) is 50.2 Å². The zero-order chi connectivity index (χ0) is 10.6. The number of thiazole rings is 1. The van der Waals surface area contributed by atoms with E-state index in [-0.39, 0.29) is 6.42 Å². The van der Waals surface area contributed by atoms with Gasteiger partial charge in [0, 0.05) is 17.1 Å². The van der Waals surface area contributed by atoms with Crippen LogP contribution in [-0.4, -0.2) is 21.8 Å². The minimum Gasteiger partial charge on any atom is -0.481 e. The van der Waals surface area contributed by atoms with Crippen molar-refractivity contribution in [1.29, 1.82) is 0 Å². The van der Waals surface area contributed by atoms with Crippen molar-refractivity contribution in [1.82, 2.24) is 4.98 Å². The molecule has 14 heavy (non-hydrogen) atoms.